The van der Waals surface area contributed by atoms with E-state index in [2.05, 4.69) is 24.1 Å². The van der Waals surface area contributed by atoms with Crippen LogP contribution < -0.4 is 5.32 Å². The Hall–Kier alpha value is -1.00. The van der Waals surface area contributed by atoms with Crippen molar-refractivity contribution >= 4 is 0 Å². The quantitative estimate of drug-likeness (QED) is 0.906. The predicted molar refractivity (Wildman–Crippen MR) is 72.9 cm³/mol. The van der Waals surface area contributed by atoms with Crippen LogP contribution in [-0.4, -0.2) is 30.1 Å². The van der Waals surface area contributed by atoms with E-state index in [-0.39, 0.29) is 5.56 Å². The van der Waals surface area contributed by atoms with E-state index < -0.39 is 11.6 Å². The van der Waals surface area contributed by atoms with Crippen molar-refractivity contribution in [2.45, 2.75) is 45.3 Å². The molecule has 0 aliphatic carbocycles. The Labute approximate surface area is 113 Å². The molecule has 1 aromatic carbocycles. The molecular weight excluding hydrogens is 246 g/mol. The van der Waals surface area contributed by atoms with Gasteiger partial charge in [0, 0.05) is 30.7 Å². The highest BCUT2D eigenvalue weighted by Gasteiger charge is 2.23. The number of hydrogen-bond donors (Lipinski definition) is 1. The van der Waals surface area contributed by atoms with Gasteiger partial charge in [0.15, 0.2) is 0 Å². The van der Waals surface area contributed by atoms with E-state index in [1.807, 2.05) is 0 Å². The highest BCUT2D eigenvalue weighted by Crippen LogP contribution is 2.19. The molecule has 0 radical (unpaired) electrons. The molecule has 1 N–H and O–H groups in total. The number of halogens is 2. The number of rotatable bonds is 3. The molecule has 0 bridgehead atoms. The Morgan fingerprint density at radius 2 is 2.00 bits per heavy atom. The summed E-state index contributed by atoms with van der Waals surface area (Å²) < 4.78 is 27.5. The van der Waals surface area contributed by atoms with Gasteiger partial charge in [0.25, 0.3) is 0 Å². The van der Waals surface area contributed by atoms with Gasteiger partial charge in [0.2, 0.25) is 0 Å². The number of benzene rings is 1. The van der Waals surface area contributed by atoms with Crippen LogP contribution in [0.2, 0.25) is 0 Å². The second-order valence-corrected chi connectivity index (χ2v) is 5.33. The summed E-state index contributed by atoms with van der Waals surface area (Å²) in [5.41, 5.74) is 0.186. The van der Waals surface area contributed by atoms with E-state index in [9.17, 15) is 8.78 Å². The first-order valence-corrected chi connectivity index (χ1v) is 7.02. The van der Waals surface area contributed by atoms with Crippen LogP contribution in [0.1, 0.15) is 32.3 Å². The minimum Gasteiger partial charge on any atom is -0.313 e. The normalized spacial score (nSPS) is 25.3. The smallest absolute Gasteiger partial charge is 0.130 e. The molecule has 1 saturated heterocycles. The number of hydrogen-bond acceptors (Lipinski definition) is 2. The molecule has 1 aliphatic rings. The lowest BCUT2D eigenvalue weighted by Gasteiger charge is -2.29. The summed E-state index contributed by atoms with van der Waals surface area (Å²) in [6.45, 7) is 6.41. The van der Waals surface area contributed by atoms with E-state index in [1.54, 1.807) is 0 Å². The second kappa shape index (κ2) is 6.44. The molecule has 106 valence electrons. The van der Waals surface area contributed by atoms with Crippen molar-refractivity contribution in [2.24, 2.45) is 0 Å². The standard InChI is InChI=1S/C15H22F2N2/c1-3-12-9-19(11(2)7-8-18-12)10-13-14(16)5-4-6-15(13)17/h4-6,11-12,18H,3,7-10H2,1-2H3. The Kier molecular flexibility index (Phi) is 4.88. The molecule has 2 rings (SSSR count). The third kappa shape index (κ3) is 3.51. The van der Waals surface area contributed by atoms with Crippen LogP contribution in [-0.2, 0) is 6.54 Å². The Balaban J connectivity index is 2.15. The Bertz CT molecular complexity index is 402. The van der Waals surface area contributed by atoms with Gasteiger partial charge in [-0.05, 0) is 38.4 Å². The van der Waals surface area contributed by atoms with E-state index in [4.69, 9.17) is 0 Å². The van der Waals surface area contributed by atoms with E-state index in [0.717, 1.165) is 25.9 Å². The van der Waals surface area contributed by atoms with Gasteiger partial charge < -0.3 is 5.32 Å². The molecule has 1 fully saturated rings. The van der Waals surface area contributed by atoms with Gasteiger partial charge >= 0.3 is 0 Å². The minimum absolute atomic E-state index is 0.186. The molecule has 2 unspecified atom stereocenters. The molecule has 2 atom stereocenters. The SMILES string of the molecule is CCC1CN(Cc2c(F)cccc2F)C(C)CCN1. The summed E-state index contributed by atoms with van der Waals surface area (Å²) in [7, 11) is 0. The summed E-state index contributed by atoms with van der Waals surface area (Å²) in [4.78, 5) is 2.18. The van der Waals surface area contributed by atoms with Crippen molar-refractivity contribution in [1.82, 2.24) is 10.2 Å². The summed E-state index contributed by atoms with van der Waals surface area (Å²) in [6.07, 6.45) is 2.04. The van der Waals surface area contributed by atoms with Crippen molar-refractivity contribution in [3.8, 4) is 0 Å². The van der Waals surface area contributed by atoms with Gasteiger partial charge in [0.05, 0.1) is 0 Å². The molecule has 4 heteroatoms. The molecule has 1 heterocycles. The fraction of sp³-hybridized carbons (Fsp3) is 0.600. The summed E-state index contributed by atoms with van der Waals surface area (Å²) >= 11 is 0. The average Bonchev–Trinajstić information content (AvgIpc) is 2.56. The van der Waals surface area contributed by atoms with Crippen molar-refractivity contribution in [3.05, 3.63) is 35.4 Å². The van der Waals surface area contributed by atoms with Gasteiger partial charge in [-0.3, -0.25) is 4.90 Å². The number of nitrogens with zero attached hydrogens (tertiary/aromatic N) is 1. The lowest BCUT2D eigenvalue weighted by Crippen LogP contribution is -2.39. The lowest BCUT2D eigenvalue weighted by atomic mass is 10.1. The lowest BCUT2D eigenvalue weighted by molar-refractivity contribution is 0.189. The number of nitrogens with one attached hydrogen (secondary N) is 1. The maximum absolute atomic E-state index is 13.7. The molecular formula is C15H22F2N2. The predicted octanol–water partition coefficient (Wildman–Crippen LogP) is 2.93. The van der Waals surface area contributed by atoms with Crippen LogP contribution in [0.3, 0.4) is 0 Å². The maximum Gasteiger partial charge on any atom is 0.130 e. The highest BCUT2D eigenvalue weighted by molar-refractivity contribution is 5.19. The zero-order chi connectivity index (χ0) is 13.8. The van der Waals surface area contributed by atoms with E-state index >= 15 is 0 Å². The van der Waals surface area contributed by atoms with Gasteiger partial charge in [0.1, 0.15) is 11.6 Å². The van der Waals surface area contributed by atoms with Crippen LogP contribution in [0, 0.1) is 11.6 Å². The molecule has 0 saturated carbocycles. The van der Waals surface area contributed by atoms with Crippen LogP contribution in [0.25, 0.3) is 0 Å². The molecule has 0 spiro atoms. The first-order chi connectivity index (χ1) is 9.11. The van der Waals surface area contributed by atoms with Gasteiger partial charge in [-0.15, -0.1) is 0 Å². The molecule has 1 aromatic rings. The van der Waals surface area contributed by atoms with Crippen molar-refractivity contribution in [2.75, 3.05) is 13.1 Å². The largest absolute Gasteiger partial charge is 0.313 e. The van der Waals surface area contributed by atoms with Crippen molar-refractivity contribution < 1.29 is 8.78 Å². The Morgan fingerprint density at radius 3 is 2.63 bits per heavy atom. The van der Waals surface area contributed by atoms with E-state index in [0.29, 0.717) is 18.6 Å². The molecule has 0 aromatic heterocycles. The molecule has 2 nitrogen and oxygen atoms in total. The van der Waals surface area contributed by atoms with Crippen LogP contribution >= 0.6 is 0 Å². The minimum atomic E-state index is -0.447. The third-order valence-corrected chi connectivity index (χ3v) is 3.99. The zero-order valence-electron chi connectivity index (χ0n) is 11.6. The summed E-state index contributed by atoms with van der Waals surface area (Å²) in [6, 6.07) is 4.81. The van der Waals surface area contributed by atoms with E-state index in [1.165, 1.54) is 18.2 Å². The fourth-order valence-corrected chi connectivity index (χ4v) is 2.59. The fourth-order valence-electron chi connectivity index (χ4n) is 2.59. The topological polar surface area (TPSA) is 15.3 Å². The highest BCUT2D eigenvalue weighted by atomic mass is 19.1. The maximum atomic E-state index is 13.7. The van der Waals surface area contributed by atoms with Crippen LogP contribution in [0.15, 0.2) is 18.2 Å². The Morgan fingerprint density at radius 1 is 1.32 bits per heavy atom. The monoisotopic (exact) mass is 268 g/mol. The molecule has 19 heavy (non-hydrogen) atoms. The average molecular weight is 268 g/mol. The van der Waals surface area contributed by atoms with Gasteiger partial charge in [-0.1, -0.05) is 13.0 Å². The molecule has 1 aliphatic heterocycles. The van der Waals surface area contributed by atoms with Gasteiger partial charge in [-0.25, -0.2) is 8.78 Å². The van der Waals surface area contributed by atoms with Crippen LogP contribution in [0.5, 0.6) is 0 Å². The zero-order valence-corrected chi connectivity index (χ0v) is 11.6. The van der Waals surface area contributed by atoms with Crippen molar-refractivity contribution in [3.63, 3.8) is 0 Å². The summed E-state index contributed by atoms with van der Waals surface area (Å²) in [5.74, 6) is -0.894. The summed E-state index contributed by atoms with van der Waals surface area (Å²) in [5, 5.41) is 3.48. The third-order valence-electron chi connectivity index (χ3n) is 3.99. The van der Waals surface area contributed by atoms with Crippen LogP contribution in [0.4, 0.5) is 8.78 Å². The molecule has 0 amide bonds. The second-order valence-electron chi connectivity index (χ2n) is 5.33. The first-order valence-electron chi connectivity index (χ1n) is 7.02. The van der Waals surface area contributed by atoms with Crippen molar-refractivity contribution in [1.29, 1.82) is 0 Å². The van der Waals surface area contributed by atoms with Gasteiger partial charge in [-0.2, -0.15) is 0 Å². The first kappa shape index (κ1) is 14.4.